The van der Waals surface area contributed by atoms with Crippen LogP contribution < -0.4 is 0 Å². The molecule has 0 aliphatic heterocycles. The van der Waals surface area contributed by atoms with Crippen LogP contribution in [-0.4, -0.2) is 0 Å². The fourth-order valence-corrected chi connectivity index (χ4v) is 2.71. The molecular formula is C21H32. The Bertz CT molecular complexity index is 516. The molecule has 0 heteroatoms. The van der Waals surface area contributed by atoms with Crippen LogP contribution in [0.4, 0.5) is 0 Å². The van der Waals surface area contributed by atoms with E-state index in [9.17, 15) is 0 Å². The van der Waals surface area contributed by atoms with Gasteiger partial charge in [0.2, 0.25) is 0 Å². The Balaban J connectivity index is 3.54. The maximum atomic E-state index is 4.08. The van der Waals surface area contributed by atoms with Gasteiger partial charge in [-0.05, 0) is 45.9 Å². The van der Waals surface area contributed by atoms with Gasteiger partial charge in [-0.25, -0.2) is 0 Å². The molecular weight excluding hydrogens is 252 g/mol. The molecule has 0 N–H and O–H groups in total. The van der Waals surface area contributed by atoms with Crippen molar-refractivity contribution in [3.05, 3.63) is 47.0 Å². The third-order valence-electron chi connectivity index (χ3n) is 3.63. The third-order valence-corrected chi connectivity index (χ3v) is 3.63. The van der Waals surface area contributed by atoms with Crippen LogP contribution in [0.2, 0.25) is 0 Å². The largest absolute Gasteiger partial charge is 0.0984 e. The molecule has 0 saturated heterocycles. The van der Waals surface area contributed by atoms with E-state index in [-0.39, 0.29) is 10.8 Å². The maximum absolute atomic E-state index is 4.08. The lowest BCUT2D eigenvalue weighted by molar-refractivity contribution is 0.411. The molecule has 0 aliphatic rings. The molecule has 21 heavy (non-hydrogen) atoms. The molecule has 0 aromatic heterocycles. The van der Waals surface area contributed by atoms with Crippen molar-refractivity contribution >= 4 is 12.2 Å². The van der Waals surface area contributed by atoms with E-state index in [1.807, 2.05) is 6.08 Å². The number of rotatable bonds is 4. The zero-order valence-electron chi connectivity index (χ0n) is 15.0. The molecule has 0 atom stereocenters. The van der Waals surface area contributed by atoms with Gasteiger partial charge < -0.3 is 0 Å². The van der Waals surface area contributed by atoms with Crippen LogP contribution >= 0.6 is 0 Å². The molecule has 1 rings (SSSR count). The minimum atomic E-state index is 0.137. The molecule has 0 aliphatic carbocycles. The summed E-state index contributed by atoms with van der Waals surface area (Å²) in [6.45, 7) is 20.0. The SMILES string of the molecule is C=Cc1c(C(C)(C)C)ccc(CC(C)(C)C)c1/C=C\CC. The zero-order chi connectivity index (χ0) is 16.3. The monoisotopic (exact) mass is 284 g/mol. The van der Waals surface area contributed by atoms with Gasteiger partial charge in [-0.3, -0.25) is 0 Å². The van der Waals surface area contributed by atoms with Crippen molar-refractivity contribution in [2.75, 3.05) is 0 Å². The summed E-state index contributed by atoms with van der Waals surface area (Å²) in [6, 6.07) is 4.61. The lowest BCUT2D eigenvalue weighted by Gasteiger charge is -2.27. The van der Waals surface area contributed by atoms with Crippen LogP contribution in [0.5, 0.6) is 0 Å². The summed E-state index contributed by atoms with van der Waals surface area (Å²) >= 11 is 0. The van der Waals surface area contributed by atoms with Crippen molar-refractivity contribution < 1.29 is 0 Å². The number of hydrogen-bond acceptors (Lipinski definition) is 0. The second-order valence-corrected chi connectivity index (χ2v) is 8.10. The van der Waals surface area contributed by atoms with Gasteiger partial charge in [0.1, 0.15) is 0 Å². The highest BCUT2D eigenvalue weighted by Gasteiger charge is 2.21. The van der Waals surface area contributed by atoms with Crippen LogP contribution in [0, 0.1) is 5.41 Å². The second-order valence-electron chi connectivity index (χ2n) is 8.10. The highest BCUT2D eigenvalue weighted by atomic mass is 14.3. The van der Waals surface area contributed by atoms with Crippen LogP contribution in [0.1, 0.15) is 77.1 Å². The van der Waals surface area contributed by atoms with Crippen molar-refractivity contribution in [3.8, 4) is 0 Å². The molecule has 116 valence electrons. The van der Waals surface area contributed by atoms with Crippen LogP contribution in [0.25, 0.3) is 12.2 Å². The van der Waals surface area contributed by atoms with Gasteiger partial charge in [0.25, 0.3) is 0 Å². The van der Waals surface area contributed by atoms with E-state index >= 15 is 0 Å². The van der Waals surface area contributed by atoms with Gasteiger partial charge in [-0.1, -0.05) is 85.4 Å². The summed E-state index contributed by atoms with van der Waals surface area (Å²) in [6.07, 6.45) is 8.71. The Morgan fingerprint density at radius 2 is 1.62 bits per heavy atom. The van der Waals surface area contributed by atoms with E-state index in [2.05, 4.69) is 79.3 Å². The zero-order valence-corrected chi connectivity index (χ0v) is 15.0. The smallest absolute Gasteiger partial charge is 0.0126 e. The van der Waals surface area contributed by atoms with Crippen molar-refractivity contribution in [1.29, 1.82) is 0 Å². The highest BCUT2D eigenvalue weighted by Crippen LogP contribution is 2.34. The van der Waals surface area contributed by atoms with E-state index in [0.29, 0.717) is 0 Å². The molecule has 0 unspecified atom stereocenters. The van der Waals surface area contributed by atoms with Gasteiger partial charge in [-0.2, -0.15) is 0 Å². The minimum absolute atomic E-state index is 0.137. The standard InChI is InChI=1S/C21H32/c1-9-11-12-18-16(15-20(3,4)5)13-14-19(17(18)10-2)21(6,7)8/h10-14H,2,9,15H2,1,3-8H3/b12-11-. The molecule has 1 aromatic rings. The van der Waals surface area contributed by atoms with Crippen molar-refractivity contribution in [1.82, 2.24) is 0 Å². The lowest BCUT2D eigenvalue weighted by Crippen LogP contribution is -2.16. The normalized spacial score (nSPS) is 12.9. The fourth-order valence-electron chi connectivity index (χ4n) is 2.71. The maximum Gasteiger partial charge on any atom is -0.0126 e. The summed E-state index contributed by atoms with van der Waals surface area (Å²) in [5, 5.41) is 0. The first kappa shape index (κ1) is 17.8. The van der Waals surface area contributed by atoms with Crippen molar-refractivity contribution in [2.45, 2.75) is 66.7 Å². The molecule has 0 bridgehead atoms. The van der Waals surface area contributed by atoms with Gasteiger partial charge in [0.05, 0.1) is 0 Å². The predicted molar refractivity (Wildman–Crippen MR) is 97.7 cm³/mol. The molecule has 0 radical (unpaired) electrons. The summed E-state index contributed by atoms with van der Waals surface area (Å²) < 4.78 is 0. The third kappa shape index (κ3) is 4.88. The van der Waals surface area contributed by atoms with E-state index in [0.717, 1.165) is 12.8 Å². The Hall–Kier alpha value is -1.30. The molecule has 1 aromatic carbocycles. The Morgan fingerprint density at radius 1 is 1.00 bits per heavy atom. The molecule has 0 saturated carbocycles. The van der Waals surface area contributed by atoms with Crippen molar-refractivity contribution in [2.24, 2.45) is 5.41 Å². The molecule has 0 nitrogen and oxygen atoms in total. The van der Waals surface area contributed by atoms with Gasteiger partial charge in [-0.15, -0.1) is 0 Å². The minimum Gasteiger partial charge on any atom is -0.0984 e. The van der Waals surface area contributed by atoms with Gasteiger partial charge in [0, 0.05) is 0 Å². The Morgan fingerprint density at radius 3 is 2.05 bits per heavy atom. The van der Waals surface area contributed by atoms with Crippen molar-refractivity contribution in [3.63, 3.8) is 0 Å². The van der Waals surface area contributed by atoms with E-state index in [1.165, 1.54) is 22.3 Å². The van der Waals surface area contributed by atoms with E-state index in [1.54, 1.807) is 0 Å². The Kier molecular flexibility index (Phi) is 5.61. The predicted octanol–water partition coefficient (Wildman–Crippen LogP) is 6.64. The first-order valence-electron chi connectivity index (χ1n) is 8.05. The summed E-state index contributed by atoms with van der Waals surface area (Å²) in [7, 11) is 0. The van der Waals surface area contributed by atoms with E-state index in [4.69, 9.17) is 0 Å². The molecule has 0 amide bonds. The van der Waals surface area contributed by atoms with Crippen LogP contribution in [0.15, 0.2) is 24.8 Å². The van der Waals surface area contributed by atoms with Gasteiger partial charge >= 0.3 is 0 Å². The quantitative estimate of drug-likeness (QED) is 0.581. The molecule has 0 spiro atoms. The van der Waals surface area contributed by atoms with E-state index < -0.39 is 0 Å². The van der Waals surface area contributed by atoms with Crippen LogP contribution in [0.3, 0.4) is 0 Å². The fraction of sp³-hybridized carbons (Fsp3) is 0.524. The molecule has 0 heterocycles. The number of benzene rings is 1. The highest BCUT2D eigenvalue weighted by molar-refractivity contribution is 5.71. The average Bonchev–Trinajstić information content (AvgIpc) is 2.33. The summed E-state index contributed by atoms with van der Waals surface area (Å²) in [5.41, 5.74) is 5.89. The first-order chi connectivity index (χ1) is 9.60. The number of hydrogen-bond donors (Lipinski definition) is 0. The Labute approximate surface area is 132 Å². The van der Waals surface area contributed by atoms with Crippen LogP contribution in [-0.2, 0) is 11.8 Å². The first-order valence-corrected chi connectivity index (χ1v) is 8.05. The second kappa shape index (κ2) is 6.64. The number of allylic oxidation sites excluding steroid dienone is 1. The lowest BCUT2D eigenvalue weighted by atomic mass is 9.78. The summed E-state index contributed by atoms with van der Waals surface area (Å²) in [5.74, 6) is 0. The summed E-state index contributed by atoms with van der Waals surface area (Å²) in [4.78, 5) is 0. The average molecular weight is 284 g/mol. The topological polar surface area (TPSA) is 0 Å². The molecule has 0 fully saturated rings. The van der Waals surface area contributed by atoms with Gasteiger partial charge in [0.15, 0.2) is 0 Å².